The molecule has 106 valence electrons. The van der Waals surface area contributed by atoms with Crippen LogP contribution in [0, 0.1) is 10.1 Å². The normalized spacial score (nSPS) is 15.1. The largest absolute Gasteiger partial charge is 0.423 e. The van der Waals surface area contributed by atoms with Gasteiger partial charge in [-0.25, -0.2) is 0 Å². The van der Waals surface area contributed by atoms with Crippen molar-refractivity contribution in [3.63, 3.8) is 0 Å². The van der Waals surface area contributed by atoms with E-state index in [1.807, 2.05) is 6.92 Å². The van der Waals surface area contributed by atoms with Crippen LogP contribution in [0.4, 0.5) is 18.9 Å². The van der Waals surface area contributed by atoms with Gasteiger partial charge in [-0.2, -0.15) is 13.2 Å². The molecular weight excluding hydrogens is 261 g/mol. The zero-order valence-electron chi connectivity index (χ0n) is 10.6. The van der Waals surface area contributed by atoms with Crippen LogP contribution in [-0.2, 0) is 6.18 Å². The maximum Gasteiger partial charge on any atom is 0.423 e. The van der Waals surface area contributed by atoms with E-state index in [0.717, 1.165) is 12.1 Å². The Morgan fingerprint density at radius 2 is 2.00 bits per heavy atom. The Morgan fingerprint density at radius 1 is 1.42 bits per heavy atom. The molecule has 4 nitrogen and oxygen atoms in total. The second-order valence-electron chi connectivity index (χ2n) is 4.39. The Hall–Kier alpha value is -1.63. The molecule has 0 saturated heterocycles. The molecule has 0 aromatic heterocycles. The van der Waals surface area contributed by atoms with E-state index in [1.165, 1.54) is 6.07 Å². The first-order chi connectivity index (χ1) is 8.68. The Labute approximate surface area is 108 Å². The quantitative estimate of drug-likeness (QED) is 0.676. The highest BCUT2D eigenvalue weighted by Gasteiger charge is 2.38. The lowest BCUT2D eigenvalue weighted by atomic mass is 9.91. The summed E-state index contributed by atoms with van der Waals surface area (Å²) in [7, 11) is 0. The smallest absolute Gasteiger partial charge is 0.327 e. The van der Waals surface area contributed by atoms with Crippen molar-refractivity contribution in [2.24, 2.45) is 5.73 Å². The molecule has 1 aromatic carbocycles. The highest BCUT2D eigenvalue weighted by atomic mass is 19.4. The van der Waals surface area contributed by atoms with Crippen LogP contribution < -0.4 is 5.73 Å². The second kappa shape index (κ2) is 5.56. The molecule has 0 aliphatic heterocycles. The summed E-state index contributed by atoms with van der Waals surface area (Å²) in [5.74, 6) is -0.299. The fourth-order valence-electron chi connectivity index (χ4n) is 1.82. The maximum atomic E-state index is 12.8. The second-order valence-corrected chi connectivity index (χ2v) is 4.39. The third-order valence-corrected chi connectivity index (χ3v) is 3.16. The van der Waals surface area contributed by atoms with Crippen molar-refractivity contribution in [2.75, 3.05) is 0 Å². The average molecular weight is 276 g/mol. The molecule has 2 atom stereocenters. The van der Waals surface area contributed by atoms with Crippen molar-refractivity contribution < 1.29 is 18.1 Å². The first kappa shape index (κ1) is 15.4. The van der Waals surface area contributed by atoms with Crippen molar-refractivity contribution in [2.45, 2.75) is 38.4 Å². The highest BCUT2D eigenvalue weighted by Crippen LogP contribution is 2.38. The molecule has 0 radical (unpaired) electrons. The molecule has 0 fully saturated rings. The summed E-state index contributed by atoms with van der Waals surface area (Å²) in [6, 6.07) is 2.74. The van der Waals surface area contributed by atoms with Crippen molar-refractivity contribution in [1.29, 1.82) is 0 Å². The van der Waals surface area contributed by atoms with Gasteiger partial charge < -0.3 is 5.73 Å². The van der Waals surface area contributed by atoms with Crippen molar-refractivity contribution in [3.05, 3.63) is 39.4 Å². The number of hydrogen-bond donors (Lipinski definition) is 1. The Bertz CT molecular complexity index is 475. The summed E-state index contributed by atoms with van der Waals surface area (Å²) in [6.07, 6.45) is -4.14. The Morgan fingerprint density at radius 3 is 2.42 bits per heavy atom. The van der Waals surface area contributed by atoms with Gasteiger partial charge in [-0.15, -0.1) is 0 Å². The molecule has 7 heteroatoms. The maximum absolute atomic E-state index is 12.8. The number of alkyl halides is 3. The summed E-state index contributed by atoms with van der Waals surface area (Å²) < 4.78 is 38.4. The van der Waals surface area contributed by atoms with Crippen LogP contribution in [0.1, 0.15) is 37.3 Å². The van der Waals surface area contributed by atoms with Crippen LogP contribution >= 0.6 is 0 Å². The van der Waals surface area contributed by atoms with Gasteiger partial charge in [-0.1, -0.05) is 19.9 Å². The SMILES string of the molecule is CCC(N)C(C)c1ccc([N+](=O)[O-])c(C(F)(F)F)c1. The number of rotatable bonds is 4. The summed E-state index contributed by atoms with van der Waals surface area (Å²) in [5.41, 5.74) is 3.98. The van der Waals surface area contributed by atoms with Crippen LogP contribution in [0.2, 0.25) is 0 Å². The first-order valence-electron chi connectivity index (χ1n) is 5.79. The summed E-state index contributed by atoms with van der Waals surface area (Å²) in [5, 5.41) is 10.6. The lowest BCUT2D eigenvalue weighted by molar-refractivity contribution is -0.388. The number of halogens is 3. The van der Waals surface area contributed by atoms with E-state index >= 15 is 0 Å². The molecule has 2 N–H and O–H groups in total. The van der Waals surface area contributed by atoms with E-state index in [1.54, 1.807) is 6.92 Å². The zero-order chi connectivity index (χ0) is 14.8. The van der Waals surface area contributed by atoms with Crippen LogP contribution in [0.3, 0.4) is 0 Å². The molecule has 0 bridgehead atoms. The number of nitrogens with two attached hydrogens (primary N) is 1. The molecule has 0 heterocycles. The number of nitro groups is 1. The molecule has 0 amide bonds. The van der Waals surface area contributed by atoms with Crippen molar-refractivity contribution >= 4 is 5.69 Å². The zero-order valence-corrected chi connectivity index (χ0v) is 10.6. The van der Waals surface area contributed by atoms with Gasteiger partial charge in [-0.3, -0.25) is 10.1 Å². The van der Waals surface area contributed by atoms with Crippen LogP contribution in [0.15, 0.2) is 18.2 Å². The van der Waals surface area contributed by atoms with E-state index in [4.69, 9.17) is 5.73 Å². The molecule has 2 unspecified atom stereocenters. The van der Waals surface area contributed by atoms with Crippen molar-refractivity contribution in [1.82, 2.24) is 0 Å². The minimum Gasteiger partial charge on any atom is -0.327 e. The molecule has 1 rings (SSSR count). The van der Waals surface area contributed by atoms with Gasteiger partial charge in [-0.05, 0) is 24.0 Å². The fourth-order valence-corrected chi connectivity index (χ4v) is 1.82. The highest BCUT2D eigenvalue weighted by molar-refractivity contribution is 5.45. The molecule has 1 aromatic rings. The number of hydrogen-bond acceptors (Lipinski definition) is 3. The summed E-state index contributed by atoms with van der Waals surface area (Å²) in [6.45, 7) is 3.53. The van der Waals surface area contributed by atoms with E-state index in [0.29, 0.717) is 12.0 Å². The third kappa shape index (κ3) is 3.44. The van der Waals surface area contributed by atoms with Gasteiger partial charge in [0.1, 0.15) is 5.56 Å². The van der Waals surface area contributed by atoms with E-state index in [2.05, 4.69) is 0 Å². The standard InChI is InChI=1S/C12H15F3N2O2/c1-3-10(16)7(2)8-4-5-11(17(18)19)9(6-8)12(13,14)15/h4-7,10H,3,16H2,1-2H3. The Balaban J connectivity index is 3.30. The number of nitro benzene ring substituents is 1. The van der Waals surface area contributed by atoms with Gasteiger partial charge in [0.2, 0.25) is 0 Å². The summed E-state index contributed by atoms with van der Waals surface area (Å²) >= 11 is 0. The molecule has 19 heavy (non-hydrogen) atoms. The lowest BCUT2D eigenvalue weighted by Gasteiger charge is -2.19. The van der Waals surface area contributed by atoms with Gasteiger partial charge >= 0.3 is 6.18 Å². The molecule has 0 aliphatic carbocycles. The van der Waals surface area contributed by atoms with Crippen LogP contribution in [0.5, 0.6) is 0 Å². The minimum atomic E-state index is -4.76. The van der Waals surface area contributed by atoms with E-state index < -0.39 is 22.4 Å². The van der Waals surface area contributed by atoms with Gasteiger partial charge in [0, 0.05) is 12.1 Å². The van der Waals surface area contributed by atoms with E-state index in [9.17, 15) is 23.3 Å². The molecule has 0 aliphatic rings. The average Bonchev–Trinajstić information content (AvgIpc) is 2.35. The van der Waals surface area contributed by atoms with Crippen LogP contribution in [-0.4, -0.2) is 11.0 Å². The van der Waals surface area contributed by atoms with Crippen molar-refractivity contribution in [3.8, 4) is 0 Å². The fraction of sp³-hybridized carbons (Fsp3) is 0.500. The number of nitrogens with zero attached hydrogens (tertiary/aromatic N) is 1. The predicted octanol–water partition coefficient (Wildman–Crippen LogP) is 3.45. The van der Waals surface area contributed by atoms with Gasteiger partial charge in [0.15, 0.2) is 0 Å². The van der Waals surface area contributed by atoms with Gasteiger partial charge in [0.25, 0.3) is 5.69 Å². The molecule has 0 saturated carbocycles. The lowest BCUT2D eigenvalue weighted by Crippen LogP contribution is -2.26. The van der Waals surface area contributed by atoms with Crippen LogP contribution in [0.25, 0.3) is 0 Å². The topological polar surface area (TPSA) is 69.2 Å². The van der Waals surface area contributed by atoms with Gasteiger partial charge in [0.05, 0.1) is 4.92 Å². The monoisotopic (exact) mass is 276 g/mol. The number of benzene rings is 1. The first-order valence-corrected chi connectivity index (χ1v) is 5.79. The predicted molar refractivity (Wildman–Crippen MR) is 64.8 cm³/mol. The minimum absolute atomic E-state index is 0.289. The van der Waals surface area contributed by atoms with E-state index in [-0.39, 0.29) is 12.0 Å². The molecular formula is C12H15F3N2O2. The molecule has 0 spiro atoms. The Kier molecular flexibility index (Phi) is 4.52. The summed E-state index contributed by atoms with van der Waals surface area (Å²) in [4.78, 5) is 9.59. The third-order valence-electron chi connectivity index (χ3n) is 3.16.